The lowest BCUT2D eigenvalue weighted by atomic mass is 9.93. The molecule has 0 atom stereocenters. The van der Waals surface area contributed by atoms with Gasteiger partial charge in [-0.15, -0.1) is 0 Å². The van der Waals surface area contributed by atoms with Crippen LogP contribution in [-0.4, -0.2) is 16.2 Å². The van der Waals surface area contributed by atoms with E-state index >= 15 is 0 Å². The van der Waals surface area contributed by atoms with E-state index in [1.165, 1.54) is 34.4 Å². The van der Waals surface area contributed by atoms with Crippen molar-refractivity contribution in [2.24, 2.45) is 0 Å². The van der Waals surface area contributed by atoms with Gasteiger partial charge in [-0.25, -0.2) is 4.79 Å². The second-order valence-electron chi connectivity index (χ2n) is 8.54. The van der Waals surface area contributed by atoms with Gasteiger partial charge in [-0.3, -0.25) is 0 Å². The molecule has 0 aromatic heterocycles. The van der Waals surface area contributed by atoms with E-state index in [4.69, 9.17) is 0 Å². The highest BCUT2D eigenvalue weighted by Crippen LogP contribution is 2.28. The Morgan fingerprint density at radius 2 is 1.23 bits per heavy atom. The first-order chi connectivity index (χ1) is 14.1. The van der Waals surface area contributed by atoms with E-state index in [-0.39, 0.29) is 11.3 Å². The van der Waals surface area contributed by atoms with Crippen LogP contribution in [0, 0.1) is 0 Å². The molecule has 0 saturated carbocycles. The molecule has 0 aliphatic rings. The van der Waals surface area contributed by atoms with Gasteiger partial charge in [-0.05, 0) is 97.8 Å². The summed E-state index contributed by atoms with van der Waals surface area (Å²) in [5.74, 6) is -0.787. The minimum Gasteiger partial charge on any atom is -0.508 e. The zero-order valence-electron chi connectivity index (χ0n) is 19.5. The van der Waals surface area contributed by atoms with Crippen molar-refractivity contribution in [1.29, 1.82) is 0 Å². The first-order valence-electron chi connectivity index (χ1n) is 10.8. The van der Waals surface area contributed by atoms with E-state index < -0.39 is 5.97 Å². The lowest BCUT2D eigenvalue weighted by molar-refractivity contribution is 0.0695. The molecular weight excluding hydrogens is 372 g/mol. The highest BCUT2D eigenvalue weighted by molar-refractivity contribution is 5.90. The molecule has 0 aliphatic carbocycles. The number of hydrogen-bond donors (Lipinski definition) is 2. The molecule has 0 amide bonds. The van der Waals surface area contributed by atoms with Crippen LogP contribution in [0.4, 0.5) is 0 Å². The normalized spacial score (nSPS) is 11.9. The number of hydrogen-bond acceptors (Lipinski definition) is 2. The number of rotatable bonds is 11. The molecule has 1 rings (SSSR count). The molecule has 1 aromatic carbocycles. The number of benzene rings is 1. The Hall–Kier alpha value is -2.55. The number of carbonyl (C=O) groups is 1. The Kier molecular flexibility index (Phi) is 11.0. The molecule has 30 heavy (non-hydrogen) atoms. The Morgan fingerprint density at radius 3 is 1.67 bits per heavy atom. The van der Waals surface area contributed by atoms with Crippen molar-refractivity contribution in [2.45, 2.75) is 80.1 Å². The number of phenolic OH excluding ortho intramolecular Hbond substituents is 1. The quantitative estimate of drug-likeness (QED) is 0.370. The summed E-state index contributed by atoms with van der Waals surface area (Å²) in [7, 11) is 0. The monoisotopic (exact) mass is 410 g/mol. The van der Waals surface area contributed by atoms with Crippen LogP contribution in [0.15, 0.2) is 58.7 Å². The standard InChI is InChI=1S/C27H38O3/c1-19(2)9-7-11-21(5)13-15-23-24(26(28)18-17-25(23)27(29)30)16-14-22(6)12-8-10-20(3)4/h9-10,13-14,17-18,28H,7-8,11-12,15-16H2,1-6H3,(H,29,30)/b21-13+,22-14+. The van der Waals surface area contributed by atoms with Gasteiger partial charge in [-0.1, -0.05) is 46.6 Å². The summed E-state index contributed by atoms with van der Waals surface area (Å²) in [6.07, 6.45) is 13.6. The van der Waals surface area contributed by atoms with Crippen LogP contribution in [0.25, 0.3) is 0 Å². The van der Waals surface area contributed by atoms with Gasteiger partial charge in [0.05, 0.1) is 5.56 Å². The summed E-state index contributed by atoms with van der Waals surface area (Å²) < 4.78 is 0. The maximum absolute atomic E-state index is 11.8. The fraction of sp³-hybridized carbons (Fsp3) is 0.444. The molecule has 164 valence electrons. The zero-order chi connectivity index (χ0) is 22.7. The topological polar surface area (TPSA) is 57.5 Å². The van der Waals surface area contributed by atoms with Crippen LogP contribution in [0.1, 0.15) is 88.7 Å². The molecule has 0 fully saturated rings. The number of carboxylic acids is 1. The highest BCUT2D eigenvalue weighted by atomic mass is 16.4. The lowest BCUT2D eigenvalue weighted by Crippen LogP contribution is -2.06. The van der Waals surface area contributed by atoms with Crippen LogP contribution in [0.2, 0.25) is 0 Å². The average molecular weight is 411 g/mol. The highest BCUT2D eigenvalue weighted by Gasteiger charge is 2.16. The van der Waals surface area contributed by atoms with Crippen molar-refractivity contribution in [3.05, 3.63) is 75.4 Å². The smallest absolute Gasteiger partial charge is 0.335 e. The molecule has 2 N–H and O–H groups in total. The number of aromatic hydroxyl groups is 1. The minimum absolute atomic E-state index is 0.166. The number of carboxylic acid groups (broad SMARTS) is 1. The molecule has 3 nitrogen and oxygen atoms in total. The molecule has 0 heterocycles. The number of phenols is 1. The van der Waals surface area contributed by atoms with Crippen molar-refractivity contribution in [2.75, 3.05) is 0 Å². The van der Waals surface area contributed by atoms with Gasteiger partial charge in [0.1, 0.15) is 5.75 Å². The molecule has 3 heteroatoms. The van der Waals surface area contributed by atoms with Crippen LogP contribution >= 0.6 is 0 Å². The Balaban J connectivity index is 3.08. The Morgan fingerprint density at radius 1 is 0.767 bits per heavy atom. The van der Waals surface area contributed by atoms with Gasteiger partial charge >= 0.3 is 5.97 Å². The van der Waals surface area contributed by atoms with Gasteiger partial charge in [0.25, 0.3) is 0 Å². The predicted octanol–water partition coefficient (Wildman–Crippen LogP) is 7.56. The van der Waals surface area contributed by atoms with Crippen LogP contribution in [0.5, 0.6) is 5.75 Å². The van der Waals surface area contributed by atoms with Gasteiger partial charge in [0, 0.05) is 5.56 Å². The molecule has 0 aliphatic heterocycles. The molecular formula is C27H38O3. The van der Waals surface area contributed by atoms with Crippen LogP contribution < -0.4 is 0 Å². The van der Waals surface area contributed by atoms with Gasteiger partial charge in [0.2, 0.25) is 0 Å². The maximum atomic E-state index is 11.8. The van der Waals surface area contributed by atoms with Crippen molar-refractivity contribution in [3.63, 3.8) is 0 Å². The van der Waals surface area contributed by atoms with E-state index in [0.29, 0.717) is 24.0 Å². The average Bonchev–Trinajstić information content (AvgIpc) is 2.64. The number of allylic oxidation sites excluding steroid dienone is 8. The molecule has 0 bridgehead atoms. The van der Waals surface area contributed by atoms with Crippen molar-refractivity contribution in [1.82, 2.24) is 0 Å². The lowest BCUT2D eigenvalue weighted by Gasteiger charge is -2.13. The van der Waals surface area contributed by atoms with Gasteiger partial charge in [-0.2, -0.15) is 0 Å². The summed E-state index contributed by atoms with van der Waals surface area (Å²) in [4.78, 5) is 11.8. The SMILES string of the molecule is CC(C)=CCC/C(C)=C/Cc1c(O)ccc(C(=O)O)c1C/C=C(\C)CCC=C(C)C. The van der Waals surface area contributed by atoms with E-state index in [2.05, 4.69) is 65.8 Å². The number of aromatic carboxylic acids is 1. The fourth-order valence-corrected chi connectivity index (χ4v) is 3.28. The third-order valence-corrected chi connectivity index (χ3v) is 5.13. The second kappa shape index (κ2) is 12.9. The van der Waals surface area contributed by atoms with Gasteiger partial charge in [0.15, 0.2) is 0 Å². The van der Waals surface area contributed by atoms with Crippen molar-refractivity contribution >= 4 is 5.97 Å². The van der Waals surface area contributed by atoms with E-state index in [1.807, 2.05) is 0 Å². The molecule has 0 radical (unpaired) electrons. The van der Waals surface area contributed by atoms with E-state index in [1.54, 1.807) is 0 Å². The summed E-state index contributed by atoms with van der Waals surface area (Å²) >= 11 is 0. The largest absolute Gasteiger partial charge is 0.508 e. The predicted molar refractivity (Wildman–Crippen MR) is 127 cm³/mol. The van der Waals surface area contributed by atoms with Crippen molar-refractivity contribution in [3.8, 4) is 5.75 Å². The first kappa shape index (κ1) is 25.5. The summed E-state index contributed by atoms with van der Waals surface area (Å²) in [5.41, 5.74) is 6.77. The van der Waals surface area contributed by atoms with Crippen LogP contribution in [-0.2, 0) is 12.8 Å². The zero-order valence-corrected chi connectivity index (χ0v) is 19.5. The third-order valence-electron chi connectivity index (χ3n) is 5.13. The molecule has 0 spiro atoms. The summed E-state index contributed by atoms with van der Waals surface area (Å²) in [6.45, 7) is 12.5. The first-order valence-corrected chi connectivity index (χ1v) is 10.8. The second-order valence-corrected chi connectivity index (χ2v) is 8.54. The fourth-order valence-electron chi connectivity index (χ4n) is 3.28. The van der Waals surface area contributed by atoms with Gasteiger partial charge < -0.3 is 10.2 Å². The van der Waals surface area contributed by atoms with Crippen molar-refractivity contribution < 1.29 is 15.0 Å². The molecule has 1 aromatic rings. The van der Waals surface area contributed by atoms with E-state index in [9.17, 15) is 15.0 Å². The summed E-state index contributed by atoms with van der Waals surface area (Å²) in [5, 5.41) is 20.1. The third kappa shape index (κ3) is 9.30. The summed E-state index contributed by atoms with van der Waals surface area (Å²) in [6, 6.07) is 3.01. The Bertz CT molecular complexity index is 843. The molecule has 0 saturated heterocycles. The maximum Gasteiger partial charge on any atom is 0.335 e. The minimum atomic E-state index is -0.953. The van der Waals surface area contributed by atoms with E-state index in [0.717, 1.165) is 25.7 Å². The molecule has 0 unspecified atom stereocenters. The van der Waals surface area contributed by atoms with Crippen LogP contribution in [0.3, 0.4) is 0 Å². The Labute approximate surface area is 182 Å².